The lowest BCUT2D eigenvalue weighted by molar-refractivity contribution is -0.274. The van der Waals surface area contributed by atoms with Crippen LogP contribution in [-0.2, 0) is 16.0 Å². The number of thioether (sulfide) groups is 1. The molecule has 0 N–H and O–H groups in total. The topological polar surface area (TPSA) is 89.7 Å². The van der Waals surface area contributed by atoms with E-state index < -0.39 is 6.36 Å². The first-order valence-corrected chi connectivity index (χ1v) is 15.7. The lowest BCUT2D eigenvalue weighted by atomic mass is 10.0. The number of carbonyl (C=O) groups excluding carboxylic acids is 2. The van der Waals surface area contributed by atoms with Gasteiger partial charge in [-0.2, -0.15) is 4.99 Å². The number of halogens is 4. The maximum absolute atomic E-state index is 13.9. The lowest BCUT2D eigenvalue weighted by Crippen LogP contribution is -2.31. The van der Waals surface area contributed by atoms with Crippen molar-refractivity contribution in [3.63, 3.8) is 0 Å². The Labute approximate surface area is 267 Å². The number of rotatable bonds is 11. The number of amides is 2. The van der Waals surface area contributed by atoms with E-state index in [0.29, 0.717) is 34.4 Å². The van der Waals surface area contributed by atoms with Gasteiger partial charge < -0.3 is 4.74 Å². The number of benzene rings is 3. The van der Waals surface area contributed by atoms with Crippen molar-refractivity contribution in [2.75, 3.05) is 10.7 Å². The van der Waals surface area contributed by atoms with Gasteiger partial charge in [-0.3, -0.25) is 14.5 Å². The van der Waals surface area contributed by atoms with Gasteiger partial charge in [0.1, 0.15) is 17.9 Å². The summed E-state index contributed by atoms with van der Waals surface area (Å²) >= 11 is 1.21. The molecule has 8 nitrogen and oxygen atoms in total. The Balaban J connectivity index is 1.12. The third kappa shape index (κ3) is 8.39. The summed E-state index contributed by atoms with van der Waals surface area (Å²) < 4.78 is 56.5. The first-order valence-electron chi connectivity index (χ1n) is 14.7. The van der Waals surface area contributed by atoms with Gasteiger partial charge in [0.15, 0.2) is 11.0 Å². The molecule has 240 valence electrons. The highest BCUT2D eigenvalue weighted by Crippen LogP contribution is 2.34. The number of hydrogen-bond acceptors (Lipinski definition) is 6. The van der Waals surface area contributed by atoms with Gasteiger partial charge in [-0.15, -0.1) is 18.3 Å². The number of alkyl halides is 3. The zero-order chi connectivity index (χ0) is 32.8. The molecule has 0 saturated carbocycles. The van der Waals surface area contributed by atoms with Crippen molar-refractivity contribution in [1.29, 1.82) is 0 Å². The monoisotopic (exact) mass is 653 g/mol. The van der Waals surface area contributed by atoms with Gasteiger partial charge in [0.25, 0.3) is 0 Å². The zero-order valence-corrected chi connectivity index (χ0v) is 25.9. The smallest absolute Gasteiger partial charge is 0.406 e. The largest absolute Gasteiger partial charge is 0.573 e. The predicted molar refractivity (Wildman–Crippen MR) is 169 cm³/mol. The second kappa shape index (κ2) is 14.3. The fourth-order valence-corrected chi connectivity index (χ4v) is 5.88. The molecule has 5 rings (SSSR count). The first-order chi connectivity index (χ1) is 22.0. The summed E-state index contributed by atoms with van der Waals surface area (Å²) in [5, 5.41) is 4.79. The van der Waals surface area contributed by atoms with Crippen LogP contribution in [0.2, 0.25) is 0 Å². The van der Waals surface area contributed by atoms with Crippen molar-refractivity contribution >= 4 is 34.4 Å². The maximum atomic E-state index is 13.9. The molecule has 0 unspecified atom stereocenters. The van der Waals surface area contributed by atoms with E-state index in [1.54, 1.807) is 6.07 Å². The van der Waals surface area contributed by atoms with Crippen LogP contribution in [0.25, 0.3) is 17.1 Å². The molecule has 0 aliphatic carbocycles. The Morgan fingerprint density at radius 2 is 1.83 bits per heavy atom. The fourth-order valence-electron chi connectivity index (χ4n) is 5.00. The van der Waals surface area contributed by atoms with Crippen LogP contribution in [0.1, 0.15) is 56.6 Å². The molecule has 1 aliphatic rings. The van der Waals surface area contributed by atoms with Crippen LogP contribution in [0.3, 0.4) is 0 Å². The van der Waals surface area contributed by atoms with Crippen molar-refractivity contribution < 1.29 is 31.9 Å². The summed E-state index contributed by atoms with van der Waals surface area (Å²) in [6, 6.07) is 17.4. The van der Waals surface area contributed by atoms with Gasteiger partial charge in [0, 0.05) is 12.0 Å². The number of anilines is 1. The Bertz CT molecular complexity index is 1740. The van der Waals surface area contributed by atoms with Crippen molar-refractivity contribution in [3.05, 3.63) is 90.0 Å². The van der Waals surface area contributed by atoms with Gasteiger partial charge in [-0.05, 0) is 84.8 Å². The van der Waals surface area contributed by atoms with Crippen LogP contribution in [0.5, 0.6) is 5.75 Å². The Kier molecular flexibility index (Phi) is 10.2. The molecule has 13 heteroatoms. The van der Waals surface area contributed by atoms with Crippen LogP contribution in [0.15, 0.2) is 78.0 Å². The second-order valence-corrected chi connectivity index (χ2v) is 11.9. The summed E-state index contributed by atoms with van der Waals surface area (Å²) in [6.45, 7) is 3.84. The molecule has 46 heavy (non-hydrogen) atoms. The molecule has 1 aromatic heterocycles. The summed E-state index contributed by atoms with van der Waals surface area (Å²) in [6.07, 6.45) is 0.0335. The van der Waals surface area contributed by atoms with E-state index >= 15 is 0 Å². The molecule has 0 spiro atoms. The van der Waals surface area contributed by atoms with E-state index in [1.807, 2.05) is 38.1 Å². The van der Waals surface area contributed by atoms with Crippen molar-refractivity contribution in [2.45, 2.75) is 58.2 Å². The average Bonchev–Trinajstić information content (AvgIpc) is 3.64. The third-order valence-electron chi connectivity index (χ3n) is 7.21. The third-order valence-corrected chi connectivity index (χ3v) is 8.13. The standard InChI is InChI=1S/C33H31F4N5O3S/c1-21(2)27-18-24(34)11-16-28(27)42-30(44)19-46-32(42)39-29(43)10-5-3-4-7-22-8-6-9-23(17-22)31-38-20-41(40-31)25-12-14-26(15-13-25)45-33(35,36)37/h6,8-9,11-18,20-21H,3-5,7,10,19H2,1-2H3. The highest BCUT2D eigenvalue weighted by molar-refractivity contribution is 8.15. The highest BCUT2D eigenvalue weighted by Gasteiger charge is 2.33. The van der Waals surface area contributed by atoms with Gasteiger partial charge in [-0.1, -0.05) is 50.2 Å². The van der Waals surface area contributed by atoms with E-state index in [2.05, 4.69) is 19.8 Å². The van der Waals surface area contributed by atoms with E-state index in [1.165, 1.54) is 64.1 Å². The number of carbonyl (C=O) groups is 2. The van der Waals surface area contributed by atoms with Crippen molar-refractivity contribution in [3.8, 4) is 22.8 Å². The Morgan fingerprint density at radius 3 is 2.57 bits per heavy atom. The van der Waals surface area contributed by atoms with E-state index in [9.17, 15) is 27.2 Å². The molecular formula is C33H31F4N5O3S. The van der Waals surface area contributed by atoms with Gasteiger partial charge >= 0.3 is 6.36 Å². The number of amidine groups is 1. The van der Waals surface area contributed by atoms with Gasteiger partial charge in [-0.25, -0.2) is 14.1 Å². The molecule has 0 atom stereocenters. The van der Waals surface area contributed by atoms with Crippen LogP contribution in [-0.4, -0.2) is 43.9 Å². The number of aliphatic imine (C=N–C) groups is 1. The van der Waals surface area contributed by atoms with Crippen molar-refractivity contribution in [2.24, 2.45) is 4.99 Å². The minimum absolute atomic E-state index is 0.0217. The molecule has 4 aromatic rings. The summed E-state index contributed by atoms with van der Waals surface area (Å²) in [4.78, 5) is 35.4. The van der Waals surface area contributed by atoms with Gasteiger partial charge in [0.2, 0.25) is 11.8 Å². The minimum Gasteiger partial charge on any atom is -0.406 e. The number of nitrogens with zero attached hydrogens (tertiary/aromatic N) is 5. The normalized spacial score (nSPS) is 14.5. The number of aryl methyl sites for hydroxylation is 1. The molecule has 1 fully saturated rings. The fraction of sp³-hybridized carbons (Fsp3) is 0.303. The summed E-state index contributed by atoms with van der Waals surface area (Å²) in [7, 11) is 0. The molecular weight excluding hydrogens is 622 g/mol. The second-order valence-electron chi connectivity index (χ2n) is 11.0. The SMILES string of the molecule is CC(C)c1cc(F)ccc1N1C(=O)CSC1=NC(=O)CCCCCc1cccc(-c2ncn(-c3ccc(OC(F)(F)F)cc3)n2)c1. The number of aromatic nitrogens is 3. The maximum Gasteiger partial charge on any atom is 0.573 e. The molecule has 0 bridgehead atoms. The number of unbranched alkanes of at least 4 members (excludes halogenated alkanes) is 2. The molecule has 2 heterocycles. The number of hydrogen-bond donors (Lipinski definition) is 0. The Hall–Kier alpha value is -4.52. The first kappa shape index (κ1) is 32.9. The number of ether oxygens (including phenoxy) is 1. The van der Waals surface area contributed by atoms with E-state index in [4.69, 9.17) is 0 Å². The van der Waals surface area contributed by atoms with Crippen LogP contribution in [0.4, 0.5) is 23.2 Å². The molecule has 3 aromatic carbocycles. The van der Waals surface area contributed by atoms with Crippen LogP contribution < -0.4 is 9.64 Å². The lowest BCUT2D eigenvalue weighted by Gasteiger charge is -2.21. The van der Waals surface area contributed by atoms with Crippen LogP contribution >= 0.6 is 11.8 Å². The minimum atomic E-state index is -4.76. The van der Waals surface area contributed by atoms with E-state index in [-0.39, 0.29) is 41.5 Å². The quantitative estimate of drug-likeness (QED) is 0.121. The van der Waals surface area contributed by atoms with E-state index in [0.717, 1.165) is 30.4 Å². The zero-order valence-electron chi connectivity index (χ0n) is 25.1. The molecule has 2 amide bonds. The molecule has 0 radical (unpaired) electrons. The molecule has 1 saturated heterocycles. The molecule has 1 aliphatic heterocycles. The Morgan fingerprint density at radius 1 is 1.04 bits per heavy atom. The summed E-state index contributed by atoms with van der Waals surface area (Å²) in [5.41, 5.74) is 3.64. The van der Waals surface area contributed by atoms with Crippen LogP contribution in [0, 0.1) is 5.82 Å². The highest BCUT2D eigenvalue weighted by atomic mass is 32.2. The summed E-state index contributed by atoms with van der Waals surface area (Å²) in [5.74, 6) is -0.577. The average molecular weight is 654 g/mol. The van der Waals surface area contributed by atoms with Crippen molar-refractivity contribution in [1.82, 2.24) is 14.8 Å². The van der Waals surface area contributed by atoms with Gasteiger partial charge in [0.05, 0.1) is 17.1 Å². The predicted octanol–water partition coefficient (Wildman–Crippen LogP) is 7.86.